The molecule has 24 heavy (non-hydrogen) atoms. The Kier molecular flexibility index (Phi) is 3.72. The molecule has 0 aliphatic heterocycles. The van der Waals surface area contributed by atoms with Crippen LogP contribution in [0.5, 0.6) is 0 Å². The van der Waals surface area contributed by atoms with Gasteiger partial charge in [-0.25, -0.2) is 9.97 Å². The smallest absolute Gasteiger partial charge is 0.231 e. The summed E-state index contributed by atoms with van der Waals surface area (Å²) in [7, 11) is 1.60. The SMILES string of the molecule is COCn1cnc2c(Cl)nc(Nc3ccc4ccccc4n3)nc21. The Bertz CT molecular complexity index is 1030. The van der Waals surface area contributed by atoms with Gasteiger partial charge in [-0.1, -0.05) is 29.8 Å². The standard InChI is InChI=1S/C16H13ClN6O/c1-24-9-23-8-18-13-14(17)21-16(22-15(13)23)20-12-7-6-10-4-2-3-5-11(10)19-12/h2-8H,9H2,1H3,(H,19,20,21,22). The van der Waals surface area contributed by atoms with Gasteiger partial charge >= 0.3 is 0 Å². The molecule has 120 valence electrons. The van der Waals surface area contributed by atoms with Crippen LogP contribution in [-0.2, 0) is 11.5 Å². The minimum Gasteiger partial charge on any atom is -0.364 e. The molecule has 3 heterocycles. The van der Waals surface area contributed by atoms with Gasteiger partial charge in [-0.2, -0.15) is 9.97 Å². The molecule has 4 rings (SSSR count). The molecule has 0 bridgehead atoms. The number of methoxy groups -OCH3 is 1. The van der Waals surface area contributed by atoms with E-state index in [-0.39, 0.29) is 5.15 Å². The lowest BCUT2D eigenvalue weighted by molar-refractivity contribution is 0.134. The maximum atomic E-state index is 6.21. The van der Waals surface area contributed by atoms with E-state index >= 15 is 0 Å². The molecule has 0 spiro atoms. The number of benzene rings is 1. The van der Waals surface area contributed by atoms with Crippen LogP contribution in [0.15, 0.2) is 42.7 Å². The molecular formula is C16H13ClN6O. The first-order chi connectivity index (χ1) is 11.7. The first kappa shape index (κ1) is 14.8. The van der Waals surface area contributed by atoms with Gasteiger partial charge in [-0.3, -0.25) is 4.57 Å². The van der Waals surface area contributed by atoms with Crippen molar-refractivity contribution in [1.82, 2.24) is 24.5 Å². The number of ether oxygens (including phenoxy) is 1. The van der Waals surface area contributed by atoms with Crippen LogP contribution >= 0.6 is 11.6 Å². The zero-order valence-corrected chi connectivity index (χ0v) is 13.5. The average molecular weight is 341 g/mol. The van der Waals surface area contributed by atoms with Gasteiger partial charge in [0.1, 0.15) is 18.1 Å². The van der Waals surface area contributed by atoms with Crippen LogP contribution in [0.2, 0.25) is 5.15 Å². The van der Waals surface area contributed by atoms with Crippen molar-refractivity contribution in [3.63, 3.8) is 0 Å². The van der Waals surface area contributed by atoms with Crippen molar-refractivity contribution in [3.05, 3.63) is 47.9 Å². The highest BCUT2D eigenvalue weighted by Crippen LogP contribution is 2.23. The van der Waals surface area contributed by atoms with Gasteiger partial charge in [0.25, 0.3) is 0 Å². The molecule has 0 aliphatic rings. The largest absolute Gasteiger partial charge is 0.364 e. The summed E-state index contributed by atoms with van der Waals surface area (Å²) in [4.78, 5) is 17.5. The van der Waals surface area contributed by atoms with E-state index in [9.17, 15) is 0 Å². The summed E-state index contributed by atoms with van der Waals surface area (Å²) in [5, 5.41) is 4.43. The summed E-state index contributed by atoms with van der Waals surface area (Å²) in [5.41, 5.74) is 2.02. The van der Waals surface area contributed by atoms with Crippen molar-refractivity contribution >= 4 is 45.4 Å². The number of anilines is 2. The third-order valence-electron chi connectivity index (χ3n) is 3.53. The fraction of sp³-hybridized carbons (Fsp3) is 0.125. The Morgan fingerprint density at radius 2 is 2.00 bits per heavy atom. The Labute approximate surface area is 142 Å². The molecule has 0 saturated heterocycles. The van der Waals surface area contributed by atoms with Gasteiger partial charge in [0, 0.05) is 12.5 Å². The molecular weight excluding hydrogens is 328 g/mol. The van der Waals surface area contributed by atoms with E-state index in [0.717, 1.165) is 10.9 Å². The third-order valence-corrected chi connectivity index (χ3v) is 3.79. The highest BCUT2D eigenvalue weighted by atomic mass is 35.5. The molecule has 0 aliphatic carbocycles. The molecule has 0 saturated carbocycles. The van der Waals surface area contributed by atoms with E-state index in [2.05, 4.69) is 25.3 Å². The summed E-state index contributed by atoms with van der Waals surface area (Å²) < 4.78 is 6.88. The van der Waals surface area contributed by atoms with Gasteiger partial charge in [0.2, 0.25) is 5.95 Å². The molecule has 4 aromatic rings. The molecule has 1 N–H and O–H groups in total. The molecule has 8 heteroatoms. The predicted molar refractivity (Wildman–Crippen MR) is 92.4 cm³/mol. The number of para-hydroxylation sites is 1. The summed E-state index contributed by atoms with van der Waals surface area (Å²) in [6.07, 6.45) is 1.62. The van der Waals surface area contributed by atoms with Gasteiger partial charge < -0.3 is 10.1 Å². The van der Waals surface area contributed by atoms with Crippen molar-refractivity contribution in [2.75, 3.05) is 12.4 Å². The molecule has 0 atom stereocenters. The summed E-state index contributed by atoms with van der Waals surface area (Å²) >= 11 is 6.21. The van der Waals surface area contributed by atoms with Crippen LogP contribution in [0.3, 0.4) is 0 Å². The van der Waals surface area contributed by atoms with Gasteiger partial charge in [-0.15, -0.1) is 0 Å². The number of hydrogen-bond donors (Lipinski definition) is 1. The second-order valence-corrected chi connectivity index (χ2v) is 5.51. The molecule has 0 fully saturated rings. The van der Waals surface area contributed by atoms with Crippen LogP contribution in [0, 0.1) is 0 Å². The lowest BCUT2D eigenvalue weighted by atomic mass is 10.2. The number of pyridine rings is 1. The van der Waals surface area contributed by atoms with Crippen molar-refractivity contribution in [2.24, 2.45) is 0 Å². The molecule has 0 unspecified atom stereocenters. The number of nitrogens with one attached hydrogen (secondary N) is 1. The topological polar surface area (TPSA) is 77.8 Å². The zero-order valence-electron chi connectivity index (χ0n) is 12.8. The first-order valence-corrected chi connectivity index (χ1v) is 7.62. The lowest BCUT2D eigenvalue weighted by Crippen LogP contribution is -2.03. The summed E-state index contributed by atoms with van der Waals surface area (Å²) in [5.74, 6) is 0.995. The van der Waals surface area contributed by atoms with E-state index in [1.54, 1.807) is 18.0 Å². The number of aromatic nitrogens is 5. The second-order valence-electron chi connectivity index (χ2n) is 5.16. The number of rotatable bonds is 4. The minimum atomic E-state index is 0.276. The first-order valence-electron chi connectivity index (χ1n) is 7.25. The number of halogens is 1. The highest BCUT2D eigenvalue weighted by molar-refractivity contribution is 6.33. The normalized spacial score (nSPS) is 11.2. The van der Waals surface area contributed by atoms with Crippen molar-refractivity contribution < 1.29 is 4.74 Å². The van der Waals surface area contributed by atoms with Crippen LogP contribution in [0.4, 0.5) is 11.8 Å². The third kappa shape index (κ3) is 2.64. The summed E-state index contributed by atoms with van der Waals surface area (Å²) in [6, 6.07) is 11.7. The van der Waals surface area contributed by atoms with E-state index in [1.165, 1.54) is 0 Å². The maximum Gasteiger partial charge on any atom is 0.231 e. The number of nitrogens with zero attached hydrogens (tertiary/aromatic N) is 5. The fourth-order valence-corrected chi connectivity index (χ4v) is 2.66. The second kappa shape index (κ2) is 6.03. The molecule has 0 radical (unpaired) electrons. The highest BCUT2D eigenvalue weighted by Gasteiger charge is 2.12. The van der Waals surface area contributed by atoms with Gasteiger partial charge in [0.05, 0.1) is 11.8 Å². The van der Waals surface area contributed by atoms with Gasteiger partial charge in [0.15, 0.2) is 10.8 Å². The minimum absolute atomic E-state index is 0.276. The van der Waals surface area contributed by atoms with Crippen molar-refractivity contribution in [1.29, 1.82) is 0 Å². The number of fused-ring (bicyclic) bond motifs is 2. The van der Waals surface area contributed by atoms with E-state index in [1.807, 2.05) is 36.4 Å². The van der Waals surface area contributed by atoms with Crippen molar-refractivity contribution in [2.45, 2.75) is 6.73 Å². The monoisotopic (exact) mass is 340 g/mol. The fourth-order valence-electron chi connectivity index (χ4n) is 2.45. The number of hydrogen-bond acceptors (Lipinski definition) is 6. The quantitative estimate of drug-likeness (QED) is 0.574. The van der Waals surface area contributed by atoms with Crippen LogP contribution in [0.1, 0.15) is 0 Å². The van der Waals surface area contributed by atoms with Crippen LogP contribution < -0.4 is 5.32 Å². The summed E-state index contributed by atoms with van der Waals surface area (Å²) in [6.45, 7) is 0.331. The van der Waals surface area contributed by atoms with E-state index in [4.69, 9.17) is 16.3 Å². The lowest BCUT2D eigenvalue weighted by Gasteiger charge is -2.07. The van der Waals surface area contributed by atoms with Crippen LogP contribution in [0.25, 0.3) is 22.1 Å². The van der Waals surface area contributed by atoms with Gasteiger partial charge in [-0.05, 0) is 18.2 Å². The predicted octanol–water partition coefficient (Wildman–Crippen LogP) is 3.38. The Hall–Kier alpha value is -2.77. The maximum absolute atomic E-state index is 6.21. The molecule has 1 aromatic carbocycles. The Balaban J connectivity index is 1.73. The molecule has 0 amide bonds. The van der Waals surface area contributed by atoms with E-state index in [0.29, 0.717) is 29.7 Å². The van der Waals surface area contributed by atoms with Crippen LogP contribution in [-0.4, -0.2) is 31.6 Å². The van der Waals surface area contributed by atoms with E-state index < -0.39 is 0 Å². The molecule has 3 aromatic heterocycles. The van der Waals surface area contributed by atoms with Crippen molar-refractivity contribution in [3.8, 4) is 0 Å². The Morgan fingerprint density at radius 3 is 2.88 bits per heavy atom. The Morgan fingerprint density at radius 1 is 1.12 bits per heavy atom. The molecule has 7 nitrogen and oxygen atoms in total. The zero-order chi connectivity index (χ0) is 16.5. The number of imidazole rings is 1. The average Bonchev–Trinajstić information content (AvgIpc) is 2.99.